The molecule has 0 fully saturated rings. The number of aromatic nitrogens is 2. The van der Waals surface area contributed by atoms with Gasteiger partial charge in [-0.05, 0) is 24.3 Å². The van der Waals surface area contributed by atoms with Gasteiger partial charge >= 0.3 is 0 Å². The van der Waals surface area contributed by atoms with Gasteiger partial charge in [0.15, 0.2) is 5.92 Å². The molecule has 0 aliphatic heterocycles. The van der Waals surface area contributed by atoms with Crippen LogP contribution in [-0.2, 0) is 4.79 Å². The molecule has 3 aromatic rings. The number of nitriles is 1. The summed E-state index contributed by atoms with van der Waals surface area (Å²) < 4.78 is 0. The van der Waals surface area contributed by atoms with Crippen LogP contribution >= 0.6 is 0 Å². The topological polar surface area (TPSA) is 78.7 Å². The van der Waals surface area contributed by atoms with Crippen molar-refractivity contribution in [3.05, 3.63) is 66.6 Å². The first kappa shape index (κ1) is 13.7. The lowest BCUT2D eigenvalue weighted by molar-refractivity contribution is -0.116. The third-order valence-electron chi connectivity index (χ3n) is 3.24. The second-order valence-corrected chi connectivity index (χ2v) is 4.72. The van der Waals surface area contributed by atoms with Crippen molar-refractivity contribution in [1.82, 2.24) is 9.97 Å². The molecule has 0 saturated carbocycles. The van der Waals surface area contributed by atoms with Crippen molar-refractivity contribution in [2.45, 2.75) is 5.92 Å². The molecule has 0 radical (unpaired) electrons. The Balaban J connectivity index is 1.89. The summed E-state index contributed by atoms with van der Waals surface area (Å²) in [7, 11) is 0. The van der Waals surface area contributed by atoms with E-state index >= 15 is 0 Å². The highest BCUT2D eigenvalue weighted by atomic mass is 16.1. The van der Waals surface area contributed by atoms with E-state index in [9.17, 15) is 10.1 Å². The summed E-state index contributed by atoms with van der Waals surface area (Å²) in [4.78, 5) is 20.6. The van der Waals surface area contributed by atoms with Gasteiger partial charge in [0.25, 0.3) is 0 Å². The molecule has 0 saturated heterocycles. The van der Waals surface area contributed by atoms with E-state index in [-0.39, 0.29) is 0 Å². The Morgan fingerprint density at radius 2 is 2.00 bits per heavy atom. The van der Waals surface area contributed by atoms with Gasteiger partial charge < -0.3 is 5.32 Å². The first-order chi connectivity index (χ1) is 10.8. The molecule has 3 rings (SSSR count). The molecule has 1 unspecified atom stereocenters. The van der Waals surface area contributed by atoms with Crippen LogP contribution in [0.1, 0.15) is 11.6 Å². The Morgan fingerprint density at radius 1 is 1.14 bits per heavy atom. The number of para-hydroxylation sites is 1. The summed E-state index contributed by atoms with van der Waals surface area (Å²) in [6, 6.07) is 16.6. The van der Waals surface area contributed by atoms with Crippen LogP contribution in [0.15, 0.2) is 60.9 Å². The van der Waals surface area contributed by atoms with Crippen molar-refractivity contribution < 1.29 is 4.79 Å². The fourth-order valence-corrected chi connectivity index (χ4v) is 2.15. The van der Waals surface area contributed by atoms with Crippen LogP contribution in [0.25, 0.3) is 10.9 Å². The minimum Gasteiger partial charge on any atom is -0.323 e. The zero-order chi connectivity index (χ0) is 15.4. The molecule has 5 nitrogen and oxygen atoms in total. The maximum Gasteiger partial charge on any atom is 0.247 e. The van der Waals surface area contributed by atoms with Crippen molar-refractivity contribution in [1.29, 1.82) is 5.26 Å². The van der Waals surface area contributed by atoms with Gasteiger partial charge in [-0.15, -0.1) is 0 Å². The third-order valence-corrected chi connectivity index (χ3v) is 3.24. The Bertz CT molecular complexity index is 855. The Hall–Kier alpha value is -3.26. The summed E-state index contributed by atoms with van der Waals surface area (Å²) in [5, 5.41) is 13.0. The lowest BCUT2D eigenvalue weighted by atomic mass is 10.0. The van der Waals surface area contributed by atoms with Crippen LogP contribution in [0, 0.1) is 11.3 Å². The number of nitrogens with zero attached hydrogens (tertiary/aromatic N) is 3. The van der Waals surface area contributed by atoms with Gasteiger partial charge in [-0.25, -0.2) is 0 Å². The van der Waals surface area contributed by atoms with Crippen LogP contribution in [0.5, 0.6) is 0 Å². The smallest absolute Gasteiger partial charge is 0.247 e. The van der Waals surface area contributed by atoms with Gasteiger partial charge in [0.1, 0.15) is 0 Å². The minimum absolute atomic E-state index is 0.418. The number of carbonyl (C=O) groups excluding carboxylic acids is 1. The molecule has 1 aromatic carbocycles. The number of anilines is 1. The predicted molar refractivity (Wildman–Crippen MR) is 83.0 cm³/mol. The fraction of sp³-hybridized carbons (Fsp3) is 0.0588. The summed E-state index contributed by atoms with van der Waals surface area (Å²) in [6.45, 7) is 0. The maximum absolute atomic E-state index is 12.3. The van der Waals surface area contributed by atoms with Crippen LogP contribution in [0.2, 0.25) is 0 Å². The quantitative estimate of drug-likeness (QED) is 0.803. The third kappa shape index (κ3) is 2.76. The van der Waals surface area contributed by atoms with Crippen molar-refractivity contribution >= 4 is 22.5 Å². The van der Waals surface area contributed by atoms with Crippen LogP contribution in [0.3, 0.4) is 0 Å². The fourth-order valence-electron chi connectivity index (χ4n) is 2.15. The van der Waals surface area contributed by atoms with Crippen molar-refractivity contribution in [2.24, 2.45) is 0 Å². The van der Waals surface area contributed by atoms with E-state index in [1.807, 2.05) is 36.4 Å². The minimum atomic E-state index is -0.968. The number of pyridine rings is 2. The monoisotopic (exact) mass is 288 g/mol. The number of hydrogen-bond acceptors (Lipinski definition) is 4. The van der Waals surface area contributed by atoms with E-state index in [4.69, 9.17) is 0 Å². The van der Waals surface area contributed by atoms with Gasteiger partial charge in [-0.1, -0.05) is 24.3 Å². The molecule has 1 N–H and O–H groups in total. The molecule has 0 aliphatic rings. The number of carbonyl (C=O) groups is 1. The molecule has 1 amide bonds. The van der Waals surface area contributed by atoms with Crippen molar-refractivity contribution in [3.63, 3.8) is 0 Å². The van der Waals surface area contributed by atoms with Crippen LogP contribution in [-0.4, -0.2) is 15.9 Å². The molecule has 0 aliphatic carbocycles. The highest BCUT2D eigenvalue weighted by Gasteiger charge is 2.22. The molecular weight excluding hydrogens is 276 g/mol. The van der Waals surface area contributed by atoms with Gasteiger partial charge in [0, 0.05) is 11.6 Å². The summed E-state index contributed by atoms with van der Waals surface area (Å²) in [5.41, 5.74) is 1.74. The Labute approximate surface area is 127 Å². The normalized spacial score (nSPS) is 11.6. The number of fused-ring (bicyclic) bond motifs is 1. The van der Waals surface area contributed by atoms with Gasteiger partial charge in [-0.2, -0.15) is 5.26 Å². The van der Waals surface area contributed by atoms with Gasteiger partial charge in [-0.3, -0.25) is 14.8 Å². The standard InChI is InChI=1S/C17H12N4O/c18-10-14(17(22)20-13-5-3-9-19-11-13)16-8-7-12-4-1-2-6-15(12)21-16/h1-9,11,14H,(H,20,22). The SMILES string of the molecule is N#CC(C(=O)Nc1cccnc1)c1ccc2ccccc2n1. The zero-order valence-electron chi connectivity index (χ0n) is 11.6. The largest absolute Gasteiger partial charge is 0.323 e. The van der Waals surface area contributed by atoms with E-state index in [0.29, 0.717) is 11.4 Å². The molecule has 0 spiro atoms. The maximum atomic E-state index is 12.3. The molecule has 22 heavy (non-hydrogen) atoms. The van der Waals surface area contributed by atoms with Crippen LogP contribution < -0.4 is 5.32 Å². The first-order valence-corrected chi connectivity index (χ1v) is 6.74. The molecule has 2 heterocycles. The highest BCUT2D eigenvalue weighted by Crippen LogP contribution is 2.19. The average molecular weight is 288 g/mol. The Morgan fingerprint density at radius 3 is 2.77 bits per heavy atom. The number of benzene rings is 1. The summed E-state index contributed by atoms with van der Waals surface area (Å²) in [6.07, 6.45) is 3.14. The van der Waals surface area contributed by atoms with Gasteiger partial charge in [0.05, 0.1) is 29.2 Å². The summed E-state index contributed by atoms with van der Waals surface area (Å²) in [5.74, 6) is -1.39. The number of hydrogen-bond donors (Lipinski definition) is 1. The number of nitrogens with one attached hydrogen (secondary N) is 1. The number of amides is 1. The van der Waals surface area contributed by atoms with Crippen molar-refractivity contribution in [3.8, 4) is 6.07 Å². The second kappa shape index (κ2) is 6.02. The number of rotatable bonds is 3. The zero-order valence-corrected chi connectivity index (χ0v) is 11.6. The van der Waals surface area contributed by atoms with E-state index in [1.54, 1.807) is 24.4 Å². The van der Waals surface area contributed by atoms with Gasteiger partial charge in [0.2, 0.25) is 5.91 Å². The molecular formula is C17H12N4O. The second-order valence-electron chi connectivity index (χ2n) is 4.72. The molecule has 106 valence electrons. The lowest BCUT2D eigenvalue weighted by Crippen LogP contribution is -2.20. The van der Waals surface area contributed by atoms with Crippen molar-refractivity contribution in [2.75, 3.05) is 5.32 Å². The highest BCUT2D eigenvalue weighted by molar-refractivity contribution is 5.97. The lowest BCUT2D eigenvalue weighted by Gasteiger charge is -2.10. The summed E-state index contributed by atoms with van der Waals surface area (Å²) >= 11 is 0. The van der Waals surface area contributed by atoms with E-state index in [0.717, 1.165) is 10.9 Å². The van der Waals surface area contributed by atoms with Crippen LogP contribution in [0.4, 0.5) is 5.69 Å². The molecule has 2 aromatic heterocycles. The predicted octanol–water partition coefficient (Wildman–Crippen LogP) is 2.88. The first-order valence-electron chi connectivity index (χ1n) is 6.74. The van der Waals surface area contributed by atoms with E-state index < -0.39 is 11.8 Å². The Kier molecular flexibility index (Phi) is 3.75. The molecule has 5 heteroatoms. The average Bonchev–Trinajstić information content (AvgIpc) is 2.56. The molecule has 0 bridgehead atoms. The van der Waals surface area contributed by atoms with E-state index in [2.05, 4.69) is 15.3 Å². The van der Waals surface area contributed by atoms with E-state index in [1.165, 1.54) is 6.20 Å². The molecule has 1 atom stereocenters.